The van der Waals surface area contributed by atoms with E-state index >= 15 is 0 Å². The Bertz CT molecular complexity index is 479. The highest BCUT2D eigenvalue weighted by molar-refractivity contribution is 5.75. The van der Waals surface area contributed by atoms with E-state index in [0.717, 1.165) is 5.57 Å². The van der Waals surface area contributed by atoms with Crippen LogP contribution < -0.4 is 5.73 Å². The van der Waals surface area contributed by atoms with E-state index in [4.69, 9.17) is 5.73 Å². The molecule has 3 N–H and O–H groups in total. The van der Waals surface area contributed by atoms with Crippen molar-refractivity contribution >= 4 is 5.91 Å². The van der Waals surface area contributed by atoms with Gasteiger partial charge < -0.3 is 10.8 Å². The van der Waals surface area contributed by atoms with Crippen molar-refractivity contribution in [1.82, 2.24) is 0 Å². The van der Waals surface area contributed by atoms with Gasteiger partial charge in [-0.2, -0.15) is 0 Å². The summed E-state index contributed by atoms with van der Waals surface area (Å²) >= 11 is 0. The van der Waals surface area contributed by atoms with E-state index < -0.39 is 5.91 Å². The lowest BCUT2D eigenvalue weighted by atomic mass is 9.85. The molecule has 0 spiro atoms. The molecule has 0 saturated heterocycles. The average Bonchev–Trinajstić information content (AvgIpc) is 2.39. The van der Waals surface area contributed by atoms with Gasteiger partial charge in [0.05, 0.1) is 0 Å². The third-order valence-electron chi connectivity index (χ3n) is 2.78. The highest BCUT2D eigenvalue weighted by Gasteiger charge is 2.21. The predicted octanol–water partition coefficient (Wildman–Crippen LogP) is 3.74. The standard InChI is InChI=1S/C17H23NO2/c1-5-9-11-13(7-3)15(12-17(18)20)14(8-4)16(19)10-6-2/h5-11,15,19H,2-3,12H2,1,4H3,(H2,18,20)/b9-5-,13-11+,14-8-,16-10+. The number of primary amides is 1. The first-order valence-electron chi connectivity index (χ1n) is 6.43. The minimum absolute atomic E-state index is 0.0713. The summed E-state index contributed by atoms with van der Waals surface area (Å²) in [7, 11) is 0. The van der Waals surface area contributed by atoms with Crippen LogP contribution in [0.15, 0.2) is 72.6 Å². The first kappa shape index (κ1) is 17.7. The van der Waals surface area contributed by atoms with Gasteiger partial charge in [-0.05, 0) is 31.1 Å². The molecule has 3 nitrogen and oxygen atoms in total. The minimum Gasteiger partial charge on any atom is -0.508 e. The molecule has 0 fully saturated rings. The van der Waals surface area contributed by atoms with Gasteiger partial charge in [0.25, 0.3) is 0 Å². The number of hydrogen-bond donors (Lipinski definition) is 2. The second-order valence-corrected chi connectivity index (χ2v) is 4.15. The highest BCUT2D eigenvalue weighted by Crippen LogP contribution is 2.29. The molecule has 20 heavy (non-hydrogen) atoms. The molecule has 1 unspecified atom stereocenters. The summed E-state index contributed by atoms with van der Waals surface area (Å²) < 4.78 is 0. The zero-order chi connectivity index (χ0) is 15.5. The van der Waals surface area contributed by atoms with Crippen molar-refractivity contribution < 1.29 is 9.90 Å². The van der Waals surface area contributed by atoms with E-state index in [1.165, 1.54) is 12.2 Å². The third kappa shape index (κ3) is 5.57. The number of allylic oxidation sites excluding steroid dienone is 9. The predicted molar refractivity (Wildman–Crippen MR) is 85.1 cm³/mol. The van der Waals surface area contributed by atoms with E-state index in [-0.39, 0.29) is 18.1 Å². The average molecular weight is 273 g/mol. The number of carbonyl (C=O) groups excluding carboxylic acids is 1. The third-order valence-corrected chi connectivity index (χ3v) is 2.78. The fourth-order valence-corrected chi connectivity index (χ4v) is 1.88. The summed E-state index contributed by atoms with van der Waals surface area (Å²) in [4.78, 5) is 11.3. The van der Waals surface area contributed by atoms with Crippen molar-refractivity contribution in [3.05, 3.63) is 72.6 Å². The van der Waals surface area contributed by atoms with E-state index in [1.54, 1.807) is 19.1 Å². The Kier molecular flexibility index (Phi) is 8.51. The lowest BCUT2D eigenvalue weighted by Crippen LogP contribution is -2.19. The number of carbonyl (C=O) groups is 1. The summed E-state index contributed by atoms with van der Waals surface area (Å²) in [5.74, 6) is -0.696. The molecular formula is C17H23NO2. The van der Waals surface area contributed by atoms with Crippen LogP contribution in [0.2, 0.25) is 0 Å². The molecule has 1 atom stereocenters. The molecule has 0 aromatic rings. The van der Waals surface area contributed by atoms with Crippen molar-refractivity contribution in [3.63, 3.8) is 0 Å². The smallest absolute Gasteiger partial charge is 0.218 e. The molecule has 1 amide bonds. The second-order valence-electron chi connectivity index (χ2n) is 4.15. The van der Waals surface area contributed by atoms with Gasteiger partial charge in [-0.1, -0.05) is 49.6 Å². The largest absolute Gasteiger partial charge is 0.508 e. The molecule has 3 heteroatoms. The number of rotatable bonds is 8. The Balaban J connectivity index is 5.75. The maximum absolute atomic E-state index is 11.3. The van der Waals surface area contributed by atoms with Crippen LogP contribution in [0.25, 0.3) is 0 Å². The highest BCUT2D eigenvalue weighted by atomic mass is 16.3. The van der Waals surface area contributed by atoms with Crippen LogP contribution >= 0.6 is 0 Å². The Labute approximate surface area is 121 Å². The summed E-state index contributed by atoms with van der Waals surface area (Å²) in [6.45, 7) is 11.0. The SMILES string of the molecule is C=C/C=C(O)\C(=C/C)C(CC(N)=O)/C(C=C)=C/C=C\C. The monoisotopic (exact) mass is 273 g/mol. The molecule has 0 radical (unpaired) electrons. The van der Waals surface area contributed by atoms with Gasteiger partial charge in [0.2, 0.25) is 5.91 Å². The molecule has 0 aliphatic rings. The Morgan fingerprint density at radius 3 is 2.35 bits per heavy atom. The molecule has 0 aliphatic heterocycles. The normalized spacial score (nSPS) is 15.2. The van der Waals surface area contributed by atoms with Crippen LogP contribution in [0.3, 0.4) is 0 Å². The minimum atomic E-state index is -0.436. The van der Waals surface area contributed by atoms with Gasteiger partial charge in [0.1, 0.15) is 5.76 Å². The Hall–Kier alpha value is -2.29. The lowest BCUT2D eigenvalue weighted by Gasteiger charge is -2.20. The number of amides is 1. The van der Waals surface area contributed by atoms with E-state index in [1.807, 2.05) is 25.2 Å². The maximum atomic E-state index is 11.3. The van der Waals surface area contributed by atoms with Gasteiger partial charge in [0, 0.05) is 12.3 Å². The first-order valence-corrected chi connectivity index (χ1v) is 6.43. The molecule has 0 bridgehead atoms. The van der Waals surface area contributed by atoms with Crippen LogP contribution in [0.5, 0.6) is 0 Å². The van der Waals surface area contributed by atoms with E-state index in [2.05, 4.69) is 13.2 Å². The van der Waals surface area contributed by atoms with Crippen LogP contribution in [-0.2, 0) is 4.79 Å². The summed E-state index contributed by atoms with van der Waals surface area (Å²) in [6.07, 6.45) is 12.1. The molecule has 0 heterocycles. The van der Waals surface area contributed by atoms with Crippen LogP contribution in [0.1, 0.15) is 20.3 Å². The maximum Gasteiger partial charge on any atom is 0.218 e. The molecule has 0 saturated carbocycles. The zero-order valence-electron chi connectivity index (χ0n) is 12.2. The fraction of sp³-hybridized carbons (Fsp3) is 0.235. The Morgan fingerprint density at radius 1 is 1.30 bits per heavy atom. The zero-order valence-corrected chi connectivity index (χ0v) is 12.2. The molecule has 0 rings (SSSR count). The fourth-order valence-electron chi connectivity index (χ4n) is 1.88. The summed E-state index contributed by atoms with van der Waals surface area (Å²) in [5.41, 5.74) is 6.76. The lowest BCUT2D eigenvalue weighted by molar-refractivity contribution is -0.118. The first-order chi connectivity index (χ1) is 9.51. The molecule has 0 aromatic carbocycles. The van der Waals surface area contributed by atoms with Gasteiger partial charge >= 0.3 is 0 Å². The van der Waals surface area contributed by atoms with Crippen molar-refractivity contribution in [2.45, 2.75) is 20.3 Å². The molecule has 0 aliphatic carbocycles. The van der Waals surface area contributed by atoms with Crippen molar-refractivity contribution in [2.24, 2.45) is 11.7 Å². The summed E-state index contributed by atoms with van der Waals surface area (Å²) in [6, 6.07) is 0. The van der Waals surface area contributed by atoms with E-state index in [9.17, 15) is 9.90 Å². The number of nitrogens with two attached hydrogens (primary N) is 1. The molecule has 0 aromatic heterocycles. The topological polar surface area (TPSA) is 63.3 Å². The molecular weight excluding hydrogens is 250 g/mol. The number of aliphatic hydroxyl groups excluding tert-OH is 1. The van der Waals surface area contributed by atoms with E-state index in [0.29, 0.717) is 5.57 Å². The van der Waals surface area contributed by atoms with Gasteiger partial charge in [-0.3, -0.25) is 4.79 Å². The summed E-state index contributed by atoms with van der Waals surface area (Å²) in [5, 5.41) is 10.1. The molecule has 108 valence electrons. The number of hydrogen-bond acceptors (Lipinski definition) is 2. The van der Waals surface area contributed by atoms with Crippen LogP contribution in [0, 0.1) is 5.92 Å². The Morgan fingerprint density at radius 2 is 1.95 bits per heavy atom. The van der Waals surface area contributed by atoms with Crippen LogP contribution in [-0.4, -0.2) is 11.0 Å². The van der Waals surface area contributed by atoms with Gasteiger partial charge in [-0.25, -0.2) is 0 Å². The van der Waals surface area contributed by atoms with Crippen molar-refractivity contribution in [1.29, 1.82) is 0 Å². The quantitative estimate of drug-likeness (QED) is 0.522. The second kappa shape index (κ2) is 9.62. The van der Waals surface area contributed by atoms with Crippen molar-refractivity contribution in [3.8, 4) is 0 Å². The van der Waals surface area contributed by atoms with Gasteiger partial charge in [-0.15, -0.1) is 0 Å². The van der Waals surface area contributed by atoms with Crippen molar-refractivity contribution in [2.75, 3.05) is 0 Å². The number of aliphatic hydroxyl groups is 1. The van der Waals surface area contributed by atoms with Crippen LogP contribution in [0.4, 0.5) is 0 Å². The van der Waals surface area contributed by atoms with Gasteiger partial charge in [0.15, 0.2) is 0 Å².